The van der Waals surface area contributed by atoms with Crippen molar-refractivity contribution in [2.24, 2.45) is 0 Å². The minimum Gasteiger partial charge on any atom is -0.455 e. The third-order valence-corrected chi connectivity index (χ3v) is 10.9. The fourth-order valence-electron chi connectivity index (χ4n) is 8.63. The molecule has 0 unspecified atom stereocenters. The molecule has 0 radical (unpaired) electrons. The topological polar surface area (TPSA) is 13.1 Å². The van der Waals surface area contributed by atoms with E-state index in [1.54, 1.807) is 0 Å². The molecule has 11 rings (SSSR count). The van der Waals surface area contributed by atoms with E-state index in [2.05, 4.69) is 115 Å². The minimum absolute atomic E-state index is 0.0157. The first-order chi connectivity index (χ1) is 25.2. The predicted molar refractivity (Wildman–Crippen MR) is 203 cm³/mol. The van der Waals surface area contributed by atoms with E-state index < -0.39 is 5.41 Å². The Kier molecular flexibility index (Phi) is 4.29. The number of furan rings is 1. The van der Waals surface area contributed by atoms with Crippen LogP contribution in [0.5, 0.6) is 0 Å². The van der Waals surface area contributed by atoms with Gasteiger partial charge >= 0.3 is 0 Å². The molecule has 48 heavy (non-hydrogen) atoms. The lowest BCUT2D eigenvalue weighted by Crippen LogP contribution is -2.14. The molecule has 1 aliphatic carbocycles. The maximum absolute atomic E-state index is 8.91. The number of fused-ring (bicyclic) bond motifs is 8. The zero-order chi connectivity index (χ0) is 35.2. The molecule has 1 aromatic heterocycles. The summed E-state index contributed by atoms with van der Waals surface area (Å²) in [5.41, 5.74) is 8.41. The molecule has 0 saturated carbocycles. The molecule has 0 bridgehead atoms. The Morgan fingerprint density at radius 2 is 1.19 bits per heavy atom. The quantitative estimate of drug-likeness (QED) is 0.177. The first-order valence-corrected chi connectivity index (χ1v) is 16.5. The summed E-state index contributed by atoms with van der Waals surface area (Å²) in [4.78, 5) is 0. The lowest BCUT2D eigenvalue weighted by atomic mass is 9.82. The smallest absolute Gasteiger partial charge is 0.143 e. The molecular weight excluding hydrogens is 581 g/mol. The van der Waals surface area contributed by atoms with Gasteiger partial charge in [0.15, 0.2) is 0 Å². The van der Waals surface area contributed by atoms with E-state index in [0.717, 1.165) is 38.6 Å². The fourth-order valence-corrected chi connectivity index (χ4v) is 8.63. The summed E-state index contributed by atoms with van der Waals surface area (Å²) in [5.74, 6) is 0. The van der Waals surface area contributed by atoms with Crippen molar-refractivity contribution in [1.82, 2.24) is 0 Å². The molecule has 224 valence electrons. The van der Waals surface area contributed by atoms with Gasteiger partial charge < -0.3 is 4.42 Å². The summed E-state index contributed by atoms with van der Waals surface area (Å²) < 4.78 is 41.2. The van der Waals surface area contributed by atoms with Crippen LogP contribution in [0.3, 0.4) is 0 Å². The van der Waals surface area contributed by atoms with Crippen molar-refractivity contribution in [1.29, 1.82) is 0 Å². The van der Waals surface area contributed by atoms with Gasteiger partial charge in [0.05, 0.1) is 5.48 Å². The van der Waals surface area contributed by atoms with Gasteiger partial charge in [-0.2, -0.15) is 0 Å². The Labute approximate surface area is 283 Å². The predicted octanol–water partition coefficient (Wildman–Crippen LogP) is 13.3. The van der Waals surface area contributed by atoms with Crippen molar-refractivity contribution >= 4 is 65.0 Å². The van der Waals surface area contributed by atoms with Gasteiger partial charge in [-0.25, -0.2) is 0 Å². The van der Waals surface area contributed by atoms with Crippen molar-refractivity contribution in [2.75, 3.05) is 0 Å². The summed E-state index contributed by atoms with van der Waals surface area (Å²) in [7, 11) is 0. The summed E-state index contributed by atoms with van der Waals surface area (Å²) in [5, 5.41) is 11.8. The Morgan fingerprint density at radius 3 is 2.04 bits per heavy atom. The molecule has 9 aromatic carbocycles. The van der Waals surface area contributed by atoms with Gasteiger partial charge in [0, 0.05) is 21.8 Å². The summed E-state index contributed by atoms with van der Waals surface area (Å²) in [6.45, 7) is 4.06. The van der Waals surface area contributed by atoms with Crippen molar-refractivity contribution in [3.63, 3.8) is 0 Å². The summed E-state index contributed by atoms with van der Waals surface area (Å²) in [6.07, 6.45) is 0. The van der Waals surface area contributed by atoms with Crippen LogP contribution in [-0.4, -0.2) is 0 Å². The highest BCUT2D eigenvalue weighted by Crippen LogP contribution is 2.53. The maximum atomic E-state index is 8.91. The monoisotopic (exact) mass is 614 g/mol. The molecule has 1 aliphatic rings. The second-order valence-corrected chi connectivity index (χ2v) is 13.7. The van der Waals surface area contributed by atoms with Crippen LogP contribution >= 0.6 is 0 Å². The second kappa shape index (κ2) is 9.12. The highest BCUT2D eigenvalue weighted by molar-refractivity contribution is 6.28. The van der Waals surface area contributed by atoms with Crippen LogP contribution in [0.15, 0.2) is 150 Å². The van der Waals surface area contributed by atoms with Crippen LogP contribution in [0.25, 0.3) is 98.4 Å². The molecule has 1 heteroatoms. The molecule has 0 atom stereocenters. The third kappa shape index (κ3) is 3.31. The SMILES string of the molecule is [2H]c1c([2H])c([2H])c2c(c1[2H])-c1c(ccc3c1oc1ccc(-c4ccc5ccc6c(-c7cccc8ccccc78)ccc7ccc4c5c76)cc13)C2(C)C. The Balaban J connectivity index is 1.14. The largest absolute Gasteiger partial charge is 0.455 e. The number of benzene rings is 9. The summed E-state index contributed by atoms with van der Waals surface area (Å²) >= 11 is 0. The standard InChI is InChI=1S/C47H30O/c1-47(2)40-13-6-5-11-38(40)45-41(47)24-23-37-39-26-30(18-25-42(39)48-46(37)45)32-19-14-28-17-22-36-34(20-15-29-16-21-35(32)43(28)44(29)36)33-12-7-9-27-8-3-4-10-31(27)33/h3-26H,1-2H3/i5D,6D,11D,13D. The second-order valence-electron chi connectivity index (χ2n) is 13.7. The molecule has 1 heterocycles. The van der Waals surface area contributed by atoms with E-state index in [4.69, 9.17) is 9.90 Å². The zero-order valence-electron chi connectivity index (χ0n) is 30.5. The molecule has 0 amide bonds. The van der Waals surface area contributed by atoms with Gasteiger partial charge in [-0.15, -0.1) is 0 Å². The molecule has 10 aromatic rings. The van der Waals surface area contributed by atoms with Crippen LogP contribution < -0.4 is 0 Å². The van der Waals surface area contributed by atoms with Crippen LogP contribution in [0.2, 0.25) is 0 Å². The lowest BCUT2D eigenvalue weighted by molar-refractivity contribution is 0.653. The first-order valence-electron chi connectivity index (χ1n) is 18.5. The van der Waals surface area contributed by atoms with Crippen LogP contribution in [0, 0.1) is 0 Å². The molecular formula is C47H30O. The van der Waals surface area contributed by atoms with E-state index in [-0.39, 0.29) is 24.2 Å². The Hall–Kier alpha value is -5.92. The molecule has 0 saturated heterocycles. The first kappa shape index (κ1) is 22.6. The Morgan fingerprint density at radius 1 is 0.500 bits per heavy atom. The zero-order valence-corrected chi connectivity index (χ0v) is 26.5. The van der Waals surface area contributed by atoms with Crippen LogP contribution in [0.4, 0.5) is 0 Å². The number of hydrogen-bond acceptors (Lipinski definition) is 1. The van der Waals surface area contributed by atoms with Crippen LogP contribution in [-0.2, 0) is 5.41 Å². The van der Waals surface area contributed by atoms with Crippen molar-refractivity contribution in [2.45, 2.75) is 19.3 Å². The molecule has 0 fully saturated rings. The van der Waals surface area contributed by atoms with Crippen molar-refractivity contribution < 1.29 is 9.90 Å². The van der Waals surface area contributed by atoms with Crippen LogP contribution in [0.1, 0.15) is 30.5 Å². The van der Waals surface area contributed by atoms with Crippen molar-refractivity contribution in [3.05, 3.63) is 157 Å². The van der Waals surface area contributed by atoms with Gasteiger partial charge in [0.1, 0.15) is 11.2 Å². The molecule has 1 nitrogen and oxygen atoms in total. The average Bonchev–Trinajstić information content (AvgIpc) is 3.66. The van der Waals surface area contributed by atoms with Gasteiger partial charge in [-0.3, -0.25) is 0 Å². The maximum Gasteiger partial charge on any atom is 0.143 e. The average molecular weight is 615 g/mol. The number of rotatable bonds is 2. The molecule has 0 aliphatic heterocycles. The van der Waals surface area contributed by atoms with E-state index >= 15 is 0 Å². The number of hydrogen-bond donors (Lipinski definition) is 0. The third-order valence-electron chi connectivity index (χ3n) is 10.9. The van der Waals surface area contributed by atoms with Gasteiger partial charge in [-0.05, 0) is 94.2 Å². The van der Waals surface area contributed by atoms with Gasteiger partial charge in [0.2, 0.25) is 0 Å². The highest BCUT2D eigenvalue weighted by Gasteiger charge is 2.37. The van der Waals surface area contributed by atoms with E-state index in [1.165, 1.54) is 54.2 Å². The molecule has 0 spiro atoms. The minimum atomic E-state index is -0.603. The van der Waals surface area contributed by atoms with E-state index in [9.17, 15) is 0 Å². The molecule has 0 N–H and O–H groups in total. The van der Waals surface area contributed by atoms with Gasteiger partial charge in [0.25, 0.3) is 0 Å². The van der Waals surface area contributed by atoms with E-state index in [1.807, 2.05) is 19.9 Å². The summed E-state index contributed by atoms with van der Waals surface area (Å²) in [6, 6.07) is 43.3. The van der Waals surface area contributed by atoms with E-state index in [0.29, 0.717) is 16.7 Å². The highest BCUT2D eigenvalue weighted by atomic mass is 16.3. The fraction of sp³-hybridized carbons (Fsp3) is 0.0638. The lowest BCUT2D eigenvalue weighted by Gasteiger charge is -2.21. The Bertz CT molecular complexity index is 3200. The van der Waals surface area contributed by atoms with Gasteiger partial charge in [-0.1, -0.05) is 147 Å². The van der Waals surface area contributed by atoms with Crippen molar-refractivity contribution in [3.8, 4) is 33.4 Å². The normalized spacial score (nSPS) is 15.0.